The summed E-state index contributed by atoms with van der Waals surface area (Å²) in [4.78, 5) is 15.3. The Balaban J connectivity index is 1.31. The lowest BCUT2D eigenvalue weighted by Crippen LogP contribution is -2.39. The van der Waals surface area contributed by atoms with Crippen molar-refractivity contribution in [1.82, 2.24) is 23.8 Å². The molecule has 5 rings (SSSR count). The summed E-state index contributed by atoms with van der Waals surface area (Å²) in [6.45, 7) is 2.38. The van der Waals surface area contributed by atoms with Gasteiger partial charge < -0.3 is 4.90 Å². The Morgan fingerprint density at radius 2 is 1.69 bits per heavy atom. The molecule has 2 saturated heterocycles. The Kier molecular flexibility index (Phi) is 5.69. The van der Waals surface area contributed by atoms with E-state index in [9.17, 15) is 13.2 Å². The largest absolute Gasteiger partial charge is 0.338 e. The van der Waals surface area contributed by atoms with Crippen LogP contribution in [0.3, 0.4) is 0 Å². The molecule has 3 aromatic rings. The maximum atomic E-state index is 13.2. The molecular weight excluding hydrogens is 426 g/mol. The Bertz CT molecular complexity index is 1220. The second-order valence-corrected chi connectivity index (χ2v) is 10.5. The highest BCUT2D eigenvalue weighted by Crippen LogP contribution is 2.27. The van der Waals surface area contributed by atoms with Crippen molar-refractivity contribution in [3.8, 4) is 0 Å². The molecule has 0 aliphatic carbocycles. The molecule has 0 spiro atoms. The van der Waals surface area contributed by atoms with Crippen LogP contribution in [0.1, 0.15) is 54.2 Å². The van der Waals surface area contributed by atoms with Crippen molar-refractivity contribution in [2.24, 2.45) is 0 Å². The summed E-state index contributed by atoms with van der Waals surface area (Å²) in [7, 11) is -3.50. The van der Waals surface area contributed by atoms with E-state index in [1.54, 1.807) is 28.6 Å². The van der Waals surface area contributed by atoms with Gasteiger partial charge in [0.2, 0.25) is 10.0 Å². The van der Waals surface area contributed by atoms with Crippen molar-refractivity contribution in [2.75, 3.05) is 26.2 Å². The van der Waals surface area contributed by atoms with Gasteiger partial charge in [-0.05, 0) is 62.1 Å². The summed E-state index contributed by atoms with van der Waals surface area (Å²) in [5.74, 6) is 0.912. The highest BCUT2D eigenvalue weighted by molar-refractivity contribution is 7.89. The van der Waals surface area contributed by atoms with Crippen LogP contribution in [0.2, 0.25) is 0 Å². The summed E-state index contributed by atoms with van der Waals surface area (Å²) < 4.78 is 29.3. The Labute approximate surface area is 187 Å². The number of aromatic nitrogens is 3. The molecule has 9 heteroatoms. The quantitative estimate of drug-likeness (QED) is 0.606. The third-order valence-electron chi connectivity index (χ3n) is 6.47. The summed E-state index contributed by atoms with van der Waals surface area (Å²) in [6, 6.07) is 12.2. The van der Waals surface area contributed by atoms with Gasteiger partial charge in [-0.15, -0.1) is 10.2 Å². The van der Waals surface area contributed by atoms with E-state index >= 15 is 0 Å². The van der Waals surface area contributed by atoms with Crippen LogP contribution in [-0.4, -0.2) is 64.3 Å². The molecule has 0 saturated carbocycles. The summed E-state index contributed by atoms with van der Waals surface area (Å²) in [5.41, 5.74) is 1.31. The van der Waals surface area contributed by atoms with Gasteiger partial charge in [0.25, 0.3) is 5.91 Å². The Morgan fingerprint density at radius 3 is 2.47 bits per heavy atom. The lowest BCUT2D eigenvalue weighted by Gasteiger charge is -2.32. The second kappa shape index (κ2) is 8.63. The maximum absolute atomic E-state index is 13.2. The third kappa shape index (κ3) is 3.91. The number of fused-ring (bicyclic) bond motifs is 1. The van der Waals surface area contributed by atoms with Crippen molar-refractivity contribution in [3.63, 3.8) is 0 Å². The minimum Gasteiger partial charge on any atom is -0.338 e. The number of carbonyl (C=O) groups is 1. The standard InChI is InChI=1S/C23H27N5O3S/c29-23(18-9-11-20(12-10-18)32(30,31)27-14-3-1-4-15-27)26-13-6-7-19(17-26)22-25-24-21-8-2-5-16-28(21)22/h2,5,8-12,16,19H,1,3-4,6-7,13-15,17H2/t19-/m0/s1. The minimum absolute atomic E-state index is 0.0783. The maximum Gasteiger partial charge on any atom is 0.253 e. The van der Waals surface area contributed by atoms with Gasteiger partial charge in [-0.2, -0.15) is 4.31 Å². The molecule has 8 nitrogen and oxygen atoms in total. The molecule has 0 unspecified atom stereocenters. The van der Waals surface area contributed by atoms with Crippen molar-refractivity contribution in [2.45, 2.75) is 42.9 Å². The van der Waals surface area contributed by atoms with Gasteiger partial charge in [0.15, 0.2) is 5.65 Å². The third-order valence-corrected chi connectivity index (χ3v) is 8.38. The van der Waals surface area contributed by atoms with Crippen molar-refractivity contribution >= 4 is 21.6 Å². The normalized spacial score (nSPS) is 20.5. The van der Waals surface area contributed by atoms with E-state index in [1.807, 2.05) is 33.7 Å². The fraction of sp³-hybridized carbons (Fsp3) is 0.435. The average molecular weight is 454 g/mol. The molecule has 2 aromatic heterocycles. The number of benzene rings is 1. The van der Waals surface area contributed by atoms with Gasteiger partial charge in [-0.25, -0.2) is 8.42 Å². The molecule has 2 aliphatic heterocycles. The van der Waals surface area contributed by atoms with Crippen LogP contribution < -0.4 is 0 Å². The fourth-order valence-electron chi connectivity index (χ4n) is 4.72. The van der Waals surface area contributed by atoms with Gasteiger partial charge in [0.05, 0.1) is 4.90 Å². The number of pyridine rings is 1. The predicted octanol–water partition coefficient (Wildman–Crippen LogP) is 2.92. The molecule has 32 heavy (non-hydrogen) atoms. The summed E-state index contributed by atoms with van der Waals surface area (Å²) in [5, 5.41) is 8.61. The number of likely N-dealkylation sites (tertiary alicyclic amines) is 1. The first kappa shape index (κ1) is 21.1. The zero-order chi connectivity index (χ0) is 22.1. The van der Waals surface area contributed by atoms with Gasteiger partial charge in [0.1, 0.15) is 5.82 Å². The van der Waals surface area contributed by atoms with Crippen LogP contribution >= 0.6 is 0 Å². The second-order valence-electron chi connectivity index (χ2n) is 8.57. The molecule has 2 fully saturated rings. The number of sulfonamides is 1. The van der Waals surface area contributed by atoms with E-state index in [1.165, 1.54) is 0 Å². The first-order chi connectivity index (χ1) is 15.5. The van der Waals surface area contributed by atoms with E-state index in [0.717, 1.165) is 43.6 Å². The topological polar surface area (TPSA) is 87.9 Å². The minimum atomic E-state index is -3.50. The van der Waals surface area contributed by atoms with Gasteiger partial charge >= 0.3 is 0 Å². The molecule has 0 bridgehead atoms. The molecule has 0 N–H and O–H groups in total. The van der Waals surface area contributed by atoms with Crippen LogP contribution in [0.15, 0.2) is 53.6 Å². The number of hydrogen-bond acceptors (Lipinski definition) is 5. The first-order valence-corrected chi connectivity index (χ1v) is 12.7. The molecular formula is C23H27N5O3S. The van der Waals surface area contributed by atoms with Crippen LogP contribution in [0.25, 0.3) is 5.65 Å². The zero-order valence-electron chi connectivity index (χ0n) is 17.9. The number of amides is 1. The molecule has 2 aliphatic rings. The molecule has 1 amide bonds. The van der Waals surface area contributed by atoms with E-state index in [-0.39, 0.29) is 16.7 Å². The van der Waals surface area contributed by atoms with Gasteiger partial charge in [0, 0.05) is 43.9 Å². The van der Waals surface area contributed by atoms with Crippen LogP contribution in [0.4, 0.5) is 0 Å². The van der Waals surface area contributed by atoms with E-state index in [4.69, 9.17) is 0 Å². The van der Waals surface area contributed by atoms with E-state index in [0.29, 0.717) is 31.7 Å². The lowest BCUT2D eigenvalue weighted by atomic mass is 9.96. The molecule has 4 heterocycles. The number of hydrogen-bond donors (Lipinski definition) is 0. The van der Waals surface area contributed by atoms with Crippen molar-refractivity contribution in [1.29, 1.82) is 0 Å². The van der Waals surface area contributed by atoms with Crippen LogP contribution in [0, 0.1) is 0 Å². The van der Waals surface area contributed by atoms with Crippen molar-refractivity contribution in [3.05, 3.63) is 60.0 Å². The number of nitrogens with zero attached hydrogens (tertiary/aromatic N) is 5. The van der Waals surface area contributed by atoms with Gasteiger partial charge in [-0.1, -0.05) is 12.5 Å². The SMILES string of the molecule is O=C(c1ccc(S(=O)(=O)N2CCCCC2)cc1)N1CCC[C@H](c2nnc3ccccn23)C1. The van der Waals surface area contributed by atoms with E-state index in [2.05, 4.69) is 10.2 Å². The summed E-state index contributed by atoms with van der Waals surface area (Å²) >= 11 is 0. The molecule has 1 atom stereocenters. The summed E-state index contributed by atoms with van der Waals surface area (Å²) in [6.07, 6.45) is 6.65. The molecule has 168 valence electrons. The Hall–Kier alpha value is -2.78. The molecule has 1 aromatic carbocycles. The number of rotatable bonds is 4. The van der Waals surface area contributed by atoms with E-state index < -0.39 is 10.0 Å². The molecule has 0 radical (unpaired) electrons. The average Bonchev–Trinajstić information content (AvgIpc) is 3.28. The first-order valence-electron chi connectivity index (χ1n) is 11.2. The lowest BCUT2D eigenvalue weighted by molar-refractivity contribution is 0.0704. The highest BCUT2D eigenvalue weighted by atomic mass is 32.2. The van der Waals surface area contributed by atoms with Crippen LogP contribution in [0.5, 0.6) is 0 Å². The monoisotopic (exact) mass is 453 g/mol. The fourth-order valence-corrected chi connectivity index (χ4v) is 6.23. The van der Waals surface area contributed by atoms with Gasteiger partial charge in [-0.3, -0.25) is 9.20 Å². The smallest absolute Gasteiger partial charge is 0.253 e. The predicted molar refractivity (Wildman–Crippen MR) is 120 cm³/mol. The van der Waals surface area contributed by atoms with Crippen molar-refractivity contribution < 1.29 is 13.2 Å². The Morgan fingerprint density at radius 1 is 0.906 bits per heavy atom. The highest BCUT2D eigenvalue weighted by Gasteiger charge is 2.29. The zero-order valence-corrected chi connectivity index (χ0v) is 18.7. The number of piperidine rings is 2. The number of carbonyl (C=O) groups excluding carboxylic acids is 1. The van der Waals surface area contributed by atoms with Crippen LogP contribution in [-0.2, 0) is 10.0 Å².